The van der Waals surface area contributed by atoms with E-state index in [1.54, 1.807) is 0 Å². The molecular formula is C14H24N4O8S. The fourth-order valence-electron chi connectivity index (χ4n) is 1.74. The third-order valence-electron chi connectivity index (χ3n) is 3.34. The number of nitrogens with one attached hydrogen (secondary N) is 3. The van der Waals surface area contributed by atoms with Crippen LogP contribution in [0.5, 0.6) is 0 Å². The van der Waals surface area contributed by atoms with Crippen molar-refractivity contribution in [1.82, 2.24) is 16.0 Å². The number of thiol groups is 1. The van der Waals surface area contributed by atoms with Crippen molar-refractivity contribution in [3.05, 3.63) is 0 Å². The van der Waals surface area contributed by atoms with Gasteiger partial charge in [-0.15, -0.1) is 0 Å². The summed E-state index contributed by atoms with van der Waals surface area (Å²) in [6, 6.07) is -3.91. The van der Waals surface area contributed by atoms with E-state index < -0.39 is 66.9 Å². The lowest BCUT2D eigenvalue weighted by Gasteiger charge is -2.21. The molecule has 0 fully saturated rings. The normalized spacial score (nSPS) is 15.0. The van der Waals surface area contributed by atoms with Gasteiger partial charge in [-0.25, -0.2) is 4.79 Å². The van der Waals surface area contributed by atoms with Gasteiger partial charge in [-0.05, 0) is 13.3 Å². The minimum Gasteiger partial charge on any atom is -0.481 e. The molecule has 12 nitrogen and oxygen atoms in total. The summed E-state index contributed by atoms with van der Waals surface area (Å²) in [5.41, 5.74) is 5.39. The summed E-state index contributed by atoms with van der Waals surface area (Å²) >= 11 is 3.79. The molecule has 0 bridgehead atoms. The van der Waals surface area contributed by atoms with Gasteiger partial charge in [0.1, 0.15) is 18.1 Å². The van der Waals surface area contributed by atoms with Gasteiger partial charge in [-0.1, -0.05) is 0 Å². The summed E-state index contributed by atoms with van der Waals surface area (Å²) in [4.78, 5) is 57.3. The van der Waals surface area contributed by atoms with Crippen LogP contribution in [0.25, 0.3) is 0 Å². The van der Waals surface area contributed by atoms with E-state index in [0.717, 1.165) is 0 Å². The van der Waals surface area contributed by atoms with Crippen LogP contribution in [0, 0.1) is 0 Å². The Morgan fingerprint density at radius 2 is 1.63 bits per heavy atom. The predicted octanol–water partition coefficient (Wildman–Crippen LogP) is -3.34. The molecule has 154 valence electrons. The summed E-state index contributed by atoms with van der Waals surface area (Å²) in [6.07, 6.45) is -1.90. The number of carboxylic acid groups (broad SMARTS) is 2. The Labute approximate surface area is 160 Å². The molecule has 4 atom stereocenters. The minimum atomic E-state index is -1.35. The maximum Gasteiger partial charge on any atom is 0.327 e. The lowest BCUT2D eigenvalue weighted by Crippen LogP contribution is -2.54. The summed E-state index contributed by atoms with van der Waals surface area (Å²) in [6.45, 7) is 0.710. The van der Waals surface area contributed by atoms with Crippen LogP contribution in [0.1, 0.15) is 19.8 Å². The van der Waals surface area contributed by atoms with Gasteiger partial charge in [0.15, 0.2) is 0 Å². The average molecular weight is 408 g/mol. The Morgan fingerprint density at radius 3 is 2.07 bits per heavy atom. The van der Waals surface area contributed by atoms with E-state index >= 15 is 0 Å². The molecule has 0 spiro atoms. The van der Waals surface area contributed by atoms with Crippen molar-refractivity contribution in [3.63, 3.8) is 0 Å². The molecule has 0 saturated carbocycles. The Kier molecular flexibility index (Phi) is 11.0. The van der Waals surface area contributed by atoms with E-state index in [0.29, 0.717) is 0 Å². The summed E-state index contributed by atoms with van der Waals surface area (Å²) in [5.74, 6) is -5.31. The third-order valence-corrected chi connectivity index (χ3v) is 3.71. The van der Waals surface area contributed by atoms with Gasteiger partial charge in [-0.2, -0.15) is 12.6 Å². The van der Waals surface area contributed by atoms with Crippen molar-refractivity contribution in [2.24, 2.45) is 5.73 Å². The largest absolute Gasteiger partial charge is 0.481 e. The molecule has 8 N–H and O–H groups in total. The van der Waals surface area contributed by atoms with Crippen LogP contribution < -0.4 is 21.7 Å². The van der Waals surface area contributed by atoms with Crippen LogP contribution in [0.15, 0.2) is 0 Å². The summed E-state index contributed by atoms with van der Waals surface area (Å²) < 4.78 is 0. The number of hydrogen-bond acceptors (Lipinski definition) is 8. The van der Waals surface area contributed by atoms with Crippen LogP contribution in [0.4, 0.5) is 0 Å². The maximum atomic E-state index is 12.1. The lowest BCUT2D eigenvalue weighted by molar-refractivity contribution is -0.142. The van der Waals surface area contributed by atoms with Crippen LogP contribution in [0.3, 0.4) is 0 Å². The minimum absolute atomic E-state index is 0.214. The number of aliphatic carboxylic acids is 2. The SMILES string of the molecule is CC(O)C(N)C(=O)NCC(=O)NC(CCC(=O)O)C(=O)NC(CS)C(=O)O. The number of aliphatic hydroxyl groups excluding tert-OH is 1. The van der Waals surface area contributed by atoms with E-state index in [-0.39, 0.29) is 12.2 Å². The zero-order valence-corrected chi connectivity index (χ0v) is 15.4. The van der Waals surface area contributed by atoms with Gasteiger partial charge in [0, 0.05) is 12.2 Å². The zero-order chi connectivity index (χ0) is 21.1. The van der Waals surface area contributed by atoms with Crippen molar-refractivity contribution >= 4 is 42.3 Å². The Hall–Kier alpha value is -2.38. The van der Waals surface area contributed by atoms with Crippen LogP contribution in [0.2, 0.25) is 0 Å². The van der Waals surface area contributed by atoms with Gasteiger partial charge in [0.25, 0.3) is 0 Å². The number of carboxylic acids is 2. The molecule has 0 aromatic heterocycles. The molecule has 27 heavy (non-hydrogen) atoms. The topological polar surface area (TPSA) is 208 Å². The molecule has 0 radical (unpaired) electrons. The van der Waals surface area contributed by atoms with E-state index in [1.165, 1.54) is 6.92 Å². The fourth-order valence-corrected chi connectivity index (χ4v) is 1.99. The van der Waals surface area contributed by atoms with Gasteiger partial charge >= 0.3 is 11.9 Å². The highest BCUT2D eigenvalue weighted by Crippen LogP contribution is 2.00. The second kappa shape index (κ2) is 12.1. The van der Waals surface area contributed by atoms with Crippen LogP contribution >= 0.6 is 12.6 Å². The highest BCUT2D eigenvalue weighted by molar-refractivity contribution is 7.80. The van der Waals surface area contributed by atoms with Crippen molar-refractivity contribution in [2.45, 2.75) is 44.0 Å². The molecule has 4 unspecified atom stereocenters. The first kappa shape index (κ1) is 24.6. The van der Waals surface area contributed by atoms with Crippen LogP contribution in [-0.2, 0) is 24.0 Å². The second-order valence-electron chi connectivity index (χ2n) is 5.62. The number of carbonyl (C=O) groups excluding carboxylic acids is 3. The number of carbonyl (C=O) groups is 5. The van der Waals surface area contributed by atoms with E-state index in [4.69, 9.17) is 15.9 Å². The molecular weight excluding hydrogens is 384 g/mol. The number of nitrogens with two attached hydrogens (primary N) is 1. The molecule has 3 amide bonds. The number of aliphatic hydroxyl groups is 1. The number of amides is 3. The molecule has 0 aromatic carbocycles. The van der Waals surface area contributed by atoms with Gasteiger partial charge in [0.05, 0.1) is 12.6 Å². The maximum absolute atomic E-state index is 12.1. The number of rotatable bonds is 12. The fraction of sp³-hybridized carbons (Fsp3) is 0.643. The monoisotopic (exact) mass is 408 g/mol. The van der Waals surface area contributed by atoms with Crippen molar-refractivity contribution < 1.29 is 39.3 Å². The number of hydrogen-bond donors (Lipinski definition) is 8. The highest BCUT2D eigenvalue weighted by atomic mass is 32.1. The second-order valence-corrected chi connectivity index (χ2v) is 5.98. The van der Waals surface area contributed by atoms with Gasteiger partial charge in [-0.3, -0.25) is 19.2 Å². The molecule has 0 aliphatic rings. The molecule has 0 rings (SSSR count). The quantitative estimate of drug-likeness (QED) is 0.152. The standard InChI is InChI=1S/C14H24N4O8S/c1-6(19)11(15)13(24)16-4-9(20)17-7(2-3-10(21)22)12(23)18-8(5-27)14(25)26/h6-8,11,19,27H,2-5,15H2,1H3,(H,16,24)(H,17,20)(H,18,23)(H,21,22)(H,25,26). The smallest absolute Gasteiger partial charge is 0.327 e. The molecule has 0 aliphatic heterocycles. The van der Waals surface area contributed by atoms with Crippen molar-refractivity contribution in [3.8, 4) is 0 Å². The molecule has 13 heteroatoms. The summed E-state index contributed by atoms with van der Waals surface area (Å²) in [7, 11) is 0. The third kappa shape index (κ3) is 9.77. The zero-order valence-electron chi connectivity index (χ0n) is 14.5. The Bertz CT molecular complexity index is 571. The average Bonchev–Trinajstić information content (AvgIpc) is 2.59. The Balaban J connectivity index is 4.86. The van der Waals surface area contributed by atoms with E-state index in [1.807, 2.05) is 0 Å². The van der Waals surface area contributed by atoms with Crippen molar-refractivity contribution in [2.75, 3.05) is 12.3 Å². The first-order valence-electron chi connectivity index (χ1n) is 7.86. The first-order valence-corrected chi connectivity index (χ1v) is 8.49. The lowest BCUT2D eigenvalue weighted by atomic mass is 10.1. The van der Waals surface area contributed by atoms with E-state index in [2.05, 4.69) is 28.6 Å². The molecule has 0 aromatic rings. The Morgan fingerprint density at radius 1 is 1.04 bits per heavy atom. The molecule has 0 aliphatic carbocycles. The highest BCUT2D eigenvalue weighted by Gasteiger charge is 2.27. The van der Waals surface area contributed by atoms with E-state index in [9.17, 15) is 29.1 Å². The first-order chi connectivity index (χ1) is 12.5. The van der Waals surface area contributed by atoms with Crippen LogP contribution in [-0.4, -0.2) is 81.5 Å². The van der Waals surface area contributed by atoms with Gasteiger partial charge < -0.3 is 37.0 Å². The van der Waals surface area contributed by atoms with Crippen molar-refractivity contribution in [1.29, 1.82) is 0 Å². The predicted molar refractivity (Wildman–Crippen MR) is 94.9 cm³/mol. The molecule has 0 heterocycles. The van der Waals surface area contributed by atoms with Gasteiger partial charge in [0.2, 0.25) is 17.7 Å². The molecule has 0 saturated heterocycles. The summed E-state index contributed by atoms with van der Waals surface area (Å²) in [5, 5.41) is 33.4.